The summed E-state index contributed by atoms with van der Waals surface area (Å²) in [5.74, 6) is -0.188. The average molecular weight is 177 g/mol. The van der Waals surface area contributed by atoms with Gasteiger partial charge in [0.2, 0.25) is 0 Å². The van der Waals surface area contributed by atoms with Crippen LogP contribution >= 0.6 is 0 Å². The molecule has 1 aliphatic rings. The molecule has 68 valence electrons. The van der Waals surface area contributed by atoms with Crippen LogP contribution in [0.3, 0.4) is 0 Å². The molecule has 2 rings (SSSR count). The first-order valence-electron chi connectivity index (χ1n) is 4.48. The zero-order valence-corrected chi connectivity index (χ0v) is 7.33. The molecular weight excluding hydrogens is 165 g/mol. The van der Waals surface area contributed by atoms with Crippen LogP contribution in [-0.4, -0.2) is 6.04 Å². The topological polar surface area (TPSA) is 26.0 Å². The Morgan fingerprint density at radius 1 is 1.23 bits per heavy atom. The molecule has 0 fully saturated rings. The van der Waals surface area contributed by atoms with Gasteiger partial charge in [-0.2, -0.15) is 0 Å². The van der Waals surface area contributed by atoms with E-state index in [1.54, 1.807) is 12.1 Å². The molecule has 1 atom stereocenters. The third-order valence-electron chi connectivity index (χ3n) is 2.38. The van der Waals surface area contributed by atoms with Crippen LogP contribution in [0.25, 0.3) is 5.57 Å². The van der Waals surface area contributed by atoms with Crippen molar-refractivity contribution >= 4 is 5.57 Å². The fraction of sp³-hybridized carbons (Fsp3) is 0.273. The minimum Gasteiger partial charge on any atom is -0.324 e. The SMILES string of the molecule is NC1C=C(c2ccc(F)cc2)CC1. The summed E-state index contributed by atoms with van der Waals surface area (Å²) in [6.45, 7) is 0. The Bertz CT molecular complexity index is 326. The minimum atomic E-state index is -0.188. The molecule has 0 spiro atoms. The number of rotatable bonds is 1. The molecule has 1 unspecified atom stereocenters. The summed E-state index contributed by atoms with van der Waals surface area (Å²) in [7, 11) is 0. The van der Waals surface area contributed by atoms with Crippen molar-refractivity contribution in [2.75, 3.05) is 0 Å². The van der Waals surface area contributed by atoms with Gasteiger partial charge in [-0.3, -0.25) is 0 Å². The number of hydrogen-bond donors (Lipinski definition) is 1. The van der Waals surface area contributed by atoms with Gasteiger partial charge in [0, 0.05) is 6.04 Å². The lowest BCUT2D eigenvalue weighted by atomic mass is 10.1. The van der Waals surface area contributed by atoms with Gasteiger partial charge in [0.05, 0.1) is 0 Å². The third kappa shape index (κ3) is 1.78. The van der Waals surface area contributed by atoms with Gasteiger partial charge < -0.3 is 5.73 Å². The Kier molecular flexibility index (Phi) is 2.15. The molecule has 1 nitrogen and oxygen atoms in total. The summed E-state index contributed by atoms with van der Waals surface area (Å²) in [5, 5.41) is 0. The van der Waals surface area contributed by atoms with Crippen LogP contribution < -0.4 is 5.73 Å². The lowest BCUT2D eigenvalue weighted by Gasteiger charge is -2.00. The molecule has 2 N–H and O–H groups in total. The number of allylic oxidation sites excluding steroid dienone is 1. The molecule has 1 aliphatic carbocycles. The van der Waals surface area contributed by atoms with Gasteiger partial charge in [-0.15, -0.1) is 0 Å². The smallest absolute Gasteiger partial charge is 0.123 e. The first-order valence-corrected chi connectivity index (χ1v) is 4.48. The first kappa shape index (κ1) is 8.45. The second kappa shape index (κ2) is 3.30. The van der Waals surface area contributed by atoms with Gasteiger partial charge in [0.25, 0.3) is 0 Å². The average Bonchev–Trinajstić information content (AvgIpc) is 2.53. The summed E-state index contributed by atoms with van der Waals surface area (Å²) >= 11 is 0. The largest absolute Gasteiger partial charge is 0.324 e. The third-order valence-corrected chi connectivity index (χ3v) is 2.38. The Balaban J connectivity index is 2.26. The number of hydrogen-bond acceptors (Lipinski definition) is 1. The Morgan fingerprint density at radius 2 is 1.92 bits per heavy atom. The van der Waals surface area contributed by atoms with E-state index in [9.17, 15) is 4.39 Å². The van der Waals surface area contributed by atoms with Crippen LogP contribution in [0.5, 0.6) is 0 Å². The van der Waals surface area contributed by atoms with Crippen LogP contribution in [0.2, 0.25) is 0 Å². The van der Waals surface area contributed by atoms with Crippen LogP contribution in [-0.2, 0) is 0 Å². The van der Waals surface area contributed by atoms with Gasteiger partial charge in [0.15, 0.2) is 0 Å². The molecule has 0 saturated carbocycles. The van der Waals surface area contributed by atoms with E-state index < -0.39 is 0 Å². The Hall–Kier alpha value is -1.15. The zero-order chi connectivity index (χ0) is 9.26. The maximum Gasteiger partial charge on any atom is 0.123 e. The predicted octanol–water partition coefficient (Wildman–Crippen LogP) is 2.33. The van der Waals surface area contributed by atoms with Crippen LogP contribution in [0, 0.1) is 5.82 Å². The van der Waals surface area contributed by atoms with Crippen LogP contribution in [0.4, 0.5) is 4.39 Å². The fourth-order valence-corrected chi connectivity index (χ4v) is 1.65. The highest BCUT2D eigenvalue weighted by atomic mass is 19.1. The van der Waals surface area contributed by atoms with E-state index in [0.29, 0.717) is 0 Å². The fourth-order valence-electron chi connectivity index (χ4n) is 1.65. The quantitative estimate of drug-likeness (QED) is 0.700. The lowest BCUT2D eigenvalue weighted by molar-refractivity contribution is 0.627. The second-order valence-electron chi connectivity index (χ2n) is 3.40. The van der Waals surface area contributed by atoms with Crippen molar-refractivity contribution in [1.29, 1.82) is 0 Å². The highest BCUT2D eigenvalue weighted by molar-refractivity contribution is 5.68. The molecule has 0 aromatic heterocycles. The van der Waals surface area contributed by atoms with E-state index in [-0.39, 0.29) is 11.9 Å². The van der Waals surface area contributed by atoms with E-state index in [0.717, 1.165) is 18.4 Å². The van der Waals surface area contributed by atoms with E-state index >= 15 is 0 Å². The second-order valence-corrected chi connectivity index (χ2v) is 3.40. The molecule has 0 heterocycles. The Labute approximate surface area is 77.1 Å². The standard InChI is InChI=1S/C11H12FN/c12-10-4-1-8(2-5-10)9-3-6-11(13)7-9/h1-2,4-5,7,11H,3,6,13H2. The monoisotopic (exact) mass is 177 g/mol. The van der Waals surface area contributed by atoms with E-state index in [1.807, 2.05) is 0 Å². The Morgan fingerprint density at radius 3 is 2.46 bits per heavy atom. The molecule has 0 radical (unpaired) electrons. The summed E-state index contributed by atoms with van der Waals surface area (Å²) in [6.07, 6.45) is 4.08. The number of halogens is 1. The van der Waals surface area contributed by atoms with Gasteiger partial charge in [-0.1, -0.05) is 18.2 Å². The normalized spacial score (nSPS) is 21.7. The van der Waals surface area contributed by atoms with Crippen LogP contribution in [0.15, 0.2) is 30.3 Å². The maximum absolute atomic E-state index is 12.6. The van der Waals surface area contributed by atoms with Crippen molar-refractivity contribution in [3.63, 3.8) is 0 Å². The first-order chi connectivity index (χ1) is 6.25. The predicted molar refractivity (Wildman–Crippen MR) is 51.6 cm³/mol. The van der Waals surface area contributed by atoms with Crippen molar-refractivity contribution in [1.82, 2.24) is 0 Å². The van der Waals surface area contributed by atoms with Gasteiger partial charge in [-0.25, -0.2) is 4.39 Å². The summed E-state index contributed by atoms with van der Waals surface area (Å²) in [5.41, 5.74) is 8.08. The summed E-state index contributed by atoms with van der Waals surface area (Å²) in [6, 6.07) is 6.76. The summed E-state index contributed by atoms with van der Waals surface area (Å²) in [4.78, 5) is 0. The molecule has 2 heteroatoms. The molecule has 0 saturated heterocycles. The van der Waals surface area contributed by atoms with E-state index in [4.69, 9.17) is 5.73 Å². The zero-order valence-electron chi connectivity index (χ0n) is 7.33. The molecule has 0 bridgehead atoms. The maximum atomic E-state index is 12.6. The van der Waals surface area contributed by atoms with E-state index in [1.165, 1.54) is 17.7 Å². The van der Waals surface area contributed by atoms with Gasteiger partial charge in [0.1, 0.15) is 5.82 Å². The molecule has 0 aliphatic heterocycles. The van der Waals surface area contributed by atoms with Gasteiger partial charge in [-0.05, 0) is 36.1 Å². The molecular formula is C11H12FN. The molecule has 1 aromatic carbocycles. The minimum absolute atomic E-state index is 0.181. The molecule has 0 amide bonds. The van der Waals surface area contributed by atoms with Crippen molar-refractivity contribution in [2.45, 2.75) is 18.9 Å². The molecule has 1 aromatic rings. The highest BCUT2D eigenvalue weighted by Crippen LogP contribution is 2.26. The van der Waals surface area contributed by atoms with Crippen LogP contribution in [0.1, 0.15) is 18.4 Å². The van der Waals surface area contributed by atoms with Crippen molar-refractivity contribution in [3.8, 4) is 0 Å². The van der Waals surface area contributed by atoms with E-state index in [2.05, 4.69) is 6.08 Å². The summed E-state index contributed by atoms with van der Waals surface area (Å²) < 4.78 is 12.6. The van der Waals surface area contributed by atoms with Crippen molar-refractivity contribution in [2.24, 2.45) is 5.73 Å². The molecule has 13 heavy (non-hydrogen) atoms. The number of benzene rings is 1. The van der Waals surface area contributed by atoms with Gasteiger partial charge >= 0.3 is 0 Å². The van der Waals surface area contributed by atoms with Crippen molar-refractivity contribution < 1.29 is 4.39 Å². The lowest BCUT2D eigenvalue weighted by Crippen LogP contribution is -2.11. The number of nitrogens with two attached hydrogens (primary N) is 1. The highest BCUT2D eigenvalue weighted by Gasteiger charge is 2.12. The van der Waals surface area contributed by atoms with Crippen molar-refractivity contribution in [3.05, 3.63) is 41.7 Å².